The summed E-state index contributed by atoms with van der Waals surface area (Å²) >= 11 is 12.1. The SMILES string of the molecule is CCc1ccc(C(N)Cc2cc(Cl)ccc2Cl)o1. The minimum Gasteiger partial charge on any atom is -0.464 e. The molecule has 0 aliphatic rings. The maximum absolute atomic E-state index is 6.12. The van der Waals surface area contributed by atoms with E-state index in [9.17, 15) is 0 Å². The molecule has 0 fully saturated rings. The fourth-order valence-corrected chi connectivity index (χ4v) is 2.21. The van der Waals surface area contributed by atoms with Gasteiger partial charge in [0.15, 0.2) is 0 Å². The number of aryl methyl sites for hydroxylation is 1. The minimum atomic E-state index is -0.207. The highest BCUT2D eigenvalue weighted by atomic mass is 35.5. The Morgan fingerprint density at radius 3 is 2.67 bits per heavy atom. The van der Waals surface area contributed by atoms with Crippen LogP contribution in [0.2, 0.25) is 10.0 Å². The first kappa shape index (κ1) is 13.5. The zero-order valence-corrected chi connectivity index (χ0v) is 11.6. The highest BCUT2D eigenvalue weighted by Gasteiger charge is 2.13. The second-order valence-corrected chi connectivity index (χ2v) is 5.05. The molecule has 0 aliphatic heterocycles. The Labute approximate surface area is 117 Å². The van der Waals surface area contributed by atoms with Crippen LogP contribution >= 0.6 is 23.2 Å². The van der Waals surface area contributed by atoms with Crippen LogP contribution < -0.4 is 5.73 Å². The largest absolute Gasteiger partial charge is 0.464 e. The molecule has 1 aromatic heterocycles. The van der Waals surface area contributed by atoms with Crippen LogP contribution in [0.1, 0.15) is 30.0 Å². The van der Waals surface area contributed by atoms with E-state index in [-0.39, 0.29) is 6.04 Å². The Hall–Kier alpha value is -0.960. The molecule has 2 nitrogen and oxygen atoms in total. The van der Waals surface area contributed by atoms with Gasteiger partial charge in [-0.15, -0.1) is 0 Å². The van der Waals surface area contributed by atoms with E-state index >= 15 is 0 Å². The van der Waals surface area contributed by atoms with Crippen LogP contribution in [0.25, 0.3) is 0 Å². The third-order valence-electron chi connectivity index (χ3n) is 2.84. The molecule has 0 aliphatic carbocycles. The molecule has 2 rings (SSSR count). The van der Waals surface area contributed by atoms with Gasteiger partial charge < -0.3 is 10.2 Å². The van der Waals surface area contributed by atoms with Gasteiger partial charge in [0.05, 0.1) is 6.04 Å². The number of rotatable bonds is 4. The first-order chi connectivity index (χ1) is 8.60. The van der Waals surface area contributed by atoms with Crippen LogP contribution in [-0.2, 0) is 12.8 Å². The van der Waals surface area contributed by atoms with Gasteiger partial charge in [-0.1, -0.05) is 30.1 Å². The monoisotopic (exact) mass is 283 g/mol. The van der Waals surface area contributed by atoms with Crippen molar-refractivity contribution in [1.82, 2.24) is 0 Å². The summed E-state index contributed by atoms with van der Waals surface area (Å²) in [6.45, 7) is 2.04. The Morgan fingerprint density at radius 2 is 2.00 bits per heavy atom. The maximum atomic E-state index is 6.12. The van der Waals surface area contributed by atoms with Crippen molar-refractivity contribution < 1.29 is 4.42 Å². The molecule has 1 unspecified atom stereocenters. The van der Waals surface area contributed by atoms with Crippen molar-refractivity contribution in [2.24, 2.45) is 5.73 Å². The van der Waals surface area contributed by atoms with E-state index in [0.717, 1.165) is 23.5 Å². The summed E-state index contributed by atoms with van der Waals surface area (Å²) < 4.78 is 5.64. The van der Waals surface area contributed by atoms with Crippen molar-refractivity contribution in [2.45, 2.75) is 25.8 Å². The molecule has 1 heterocycles. The van der Waals surface area contributed by atoms with Crippen LogP contribution in [-0.4, -0.2) is 0 Å². The molecule has 0 bridgehead atoms. The number of hydrogen-bond acceptors (Lipinski definition) is 2. The molecule has 2 N–H and O–H groups in total. The smallest absolute Gasteiger partial charge is 0.121 e. The van der Waals surface area contributed by atoms with Gasteiger partial charge in [0.1, 0.15) is 11.5 Å². The zero-order chi connectivity index (χ0) is 13.1. The van der Waals surface area contributed by atoms with Crippen molar-refractivity contribution in [3.05, 3.63) is 57.5 Å². The predicted octanol–water partition coefficient (Wildman–Crippen LogP) is 4.39. The normalized spacial score (nSPS) is 12.7. The molecule has 1 atom stereocenters. The summed E-state index contributed by atoms with van der Waals surface area (Å²) in [5.74, 6) is 1.72. The van der Waals surface area contributed by atoms with E-state index in [1.54, 1.807) is 12.1 Å². The molecule has 96 valence electrons. The van der Waals surface area contributed by atoms with E-state index in [2.05, 4.69) is 0 Å². The number of benzene rings is 1. The van der Waals surface area contributed by atoms with Gasteiger partial charge >= 0.3 is 0 Å². The molecule has 0 spiro atoms. The Balaban J connectivity index is 2.15. The van der Waals surface area contributed by atoms with Crippen LogP contribution in [0.4, 0.5) is 0 Å². The van der Waals surface area contributed by atoms with Crippen LogP contribution in [0.3, 0.4) is 0 Å². The summed E-state index contributed by atoms with van der Waals surface area (Å²) in [5.41, 5.74) is 7.05. The quantitative estimate of drug-likeness (QED) is 0.904. The van der Waals surface area contributed by atoms with Crippen molar-refractivity contribution in [3.8, 4) is 0 Å². The minimum absolute atomic E-state index is 0.207. The molecular weight excluding hydrogens is 269 g/mol. The summed E-state index contributed by atoms with van der Waals surface area (Å²) in [6, 6.07) is 9.05. The van der Waals surface area contributed by atoms with Gasteiger partial charge in [-0.05, 0) is 42.3 Å². The van der Waals surface area contributed by atoms with Crippen LogP contribution in [0.5, 0.6) is 0 Å². The Kier molecular flexibility index (Phi) is 4.33. The first-order valence-corrected chi connectivity index (χ1v) is 6.64. The lowest BCUT2D eigenvalue weighted by molar-refractivity contribution is 0.434. The summed E-state index contributed by atoms with van der Waals surface area (Å²) in [6.07, 6.45) is 1.47. The maximum Gasteiger partial charge on any atom is 0.121 e. The molecule has 0 saturated carbocycles. The van der Waals surface area contributed by atoms with Gasteiger partial charge in [0.25, 0.3) is 0 Å². The zero-order valence-electron chi connectivity index (χ0n) is 10.1. The van der Waals surface area contributed by atoms with Gasteiger partial charge in [-0.3, -0.25) is 0 Å². The van der Waals surface area contributed by atoms with E-state index < -0.39 is 0 Å². The molecule has 0 amide bonds. The van der Waals surface area contributed by atoms with Crippen molar-refractivity contribution in [2.75, 3.05) is 0 Å². The van der Waals surface area contributed by atoms with Crippen molar-refractivity contribution in [1.29, 1.82) is 0 Å². The van der Waals surface area contributed by atoms with Gasteiger partial charge in [-0.25, -0.2) is 0 Å². The topological polar surface area (TPSA) is 39.2 Å². The molecule has 0 saturated heterocycles. The molecular formula is C14H15Cl2NO. The highest BCUT2D eigenvalue weighted by Crippen LogP contribution is 2.26. The number of hydrogen-bond donors (Lipinski definition) is 1. The summed E-state index contributed by atoms with van der Waals surface area (Å²) in [5, 5.41) is 1.34. The molecule has 2 aromatic rings. The Bertz CT molecular complexity index is 536. The third-order valence-corrected chi connectivity index (χ3v) is 3.45. The summed E-state index contributed by atoms with van der Waals surface area (Å²) in [4.78, 5) is 0. The van der Waals surface area contributed by atoms with Crippen LogP contribution in [0.15, 0.2) is 34.7 Å². The highest BCUT2D eigenvalue weighted by molar-refractivity contribution is 6.33. The molecule has 4 heteroatoms. The molecule has 0 radical (unpaired) electrons. The van der Waals surface area contributed by atoms with E-state index in [0.29, 0.717) is 16.5 Å². The fraction of sp³-hybridized carbons (Fsp3) is 0.286. The molecule has 1 aromatic carbocycles. The number of halogens is 2. The molecule has 18 heavy (non-hydrogen) atoms. The van der Waals surface area contributed by atoms with Crippen LogP contribution in [0, 0.1) is 0 Å². The number of furan rings is 1. The lowest BCUT2D eigenvalue weighted by Crippen LogP contribution is -2.12. The average Bonchev–Trinajstić information content (AvgIpc) is 2.82. The average molecular weight is 284 g/mol. The van der Waals surface area contributed by atoms with E-state index in [4.69, 9.17) is 33.4 Å². The van der Waals surface area contributed by atoms with Gasteiger partial charge in [0.2, 0.25) is 0 Å². The lowest BCUT2D eigenvalue weighted by Gasteiger charge is -2.10. The first-order valence-electron chi connectivity index (χ1n) is 5.88. The second kappa shape index (κ2) is 5.79. The van der Waals surface area contributed by atoms with Crippen molar-refractivity contribution in [3.63, 3.8) is 0 Å². The van der Waals surface area contributed by atoms with Gasteiger partial charge in [-0.2, -0.15) is 0 Å². The van der Waals surface area contributed by atoms with E-state index in [1.807, 2.05) is 25.1 Å². The lowest BCUT2D eigenvalue weighted by atomic mass is 10.0. The Morgan fingerprint density at radius 1 is 1.22 bits per heavy atom. The fourth-order valence-electron chi connectivity index (χ4n) is 1.82. The van der Waals surface area contributed by atoms with E-state index in [1.165, 1.54) is 0 Å². The third kappa shape index (κ3) is 3.08. The van der Waals surface area contributed by atoms with Crippen molar-refractivity contribution >= 4 is 23.2 Å². The summed E-state index contributed by atoms with van der Waals surface area (Å²) in [7, 11) is 0. The second-order valence-electron chi connectivity index (χ2n) is 4.20. The predicted molar refractivity (Wildman–Crippen MR) is 75.2 cm³/mol. The number of nitrogens with two attached hydrogens (primary N) is 1. The van der Waals surface area contributed by atoms with Gasteiger partial charge in [0, 0.05) is 16.5 Å². The standard InChI is InChI=1S/C14H15Cl2NO/c1-2-11-4-6-14(18-11)13(17)8-9-7-10(15)3-5-12(9)16/h3-7,13H,2,8,17H2,1H3.